The Balaban J connectivity index is 1.62. The van der Waals surface area contributed by atoms with Gasteiger partial charge in [0.2, 0.25) is 0 Å². The molecular formula is C23H25NO2. The second kappa shape index (κ2) is 8.05. The summed E-state index contributed by atoms with van der Waals surface area (Å²) < 4.78 is 5.85. The fourth-order valence-electron chi connectivity index (χ4n) is 2.95. The van der Waals surface area contributed by atoms with Crippen molar-refractivity contribution in [1.29, 1.82) is 0 Å². The average Bonchev–Trinajstić information content (AvgIpc) is 2.67. The first-order valence-corrected chi connectivity index (χ1v) is 9.11. The minimum atomic E-state index is -0.562. The zero-order valence-corrected chi connectivity index (χ0v) is 15.5. The van der Waals surface area contributed by atoms with Crippen molar-refractivity contribution < 1.29 is 9.53 Å². The van der Waals surface area contributed by atoms with Crippen LogP contribution in [-0.4, -0.2) is 12.0 Å². The summed E-state index contributed by atoms with van der Waals surface area (Å²) in [4.78, 5) is 12.5. The lowest BCUT2D eigenvalue weighted by molar-refractivity contribution is -0.127. The van der Waals surface area contributed by atoms with Crippen molar-refractivity contribution in [1.82, 2.24) is 5.32 Å². The van der Waals surface area contributed by atoms with Gasteiger partial charge in [-0.2, -0.15) is 0 Å². The standard InChI is InChI=1S/C23H25NO2/c1-4-18-9-11-19(12-10-18)16(2)24-23(25)17(3)26-22-14-13-20-7-5-6-8-21(20)15-22/h5-17H,4H2,1-3H3,(H,24,25)/t16-,17-/m0/s1. The van der Waals surface area contributed by atoms with Crippen molar-refractivity contribution in [2.45, 2.75) is 39.3 Å². The number of nitrogens with one attached hydrogen (secondary N) is 1. The summed E-state index contributed by atoms with van der Waals surface area (Å²) in [6.45, 7) is 5.89. The monoisotopic (exact) mass is 347 g/mol. The Hall–Kier alpha value is -2.81. The third kappa shape index (κ3) is 4.23. The molecule has 1 amide bonds. The lowest BCUT2D eigenvalue weighted by atomic mass is 10.0. The Labute approximate surface area is 155 Å². The number of fused-ring (bicyclic) bond motifs is 1. The number of carbonyl (C=O) groups is 1. The van der Waals surface area contributed by atoms with Gasteiger partial charge in [0.25, 0.3) is 5.91 Å². The second-order valence-electron chi connectivity index (χ2n) is 6.59. The maximum absolute atomic E-state index is 12.5. The molecule has 0 unspecified atom stereocenters. The van der Waals surface area contributed by atoms with E-state index in [9.17, 15) is 4.79 Å². The van der Waals surface area contributed by atoms with Crippen LogP contribution in [0.25, 0.3) is 10.8 Å². The molecule has 3 aromatic carbocycles. The largest absolute Gasteiger partial charge is 0.481 e. The van der Waals surface area contributed by atoms with Crippen molar-refractivity contribution in [3.63, 3.8) is 0 Å². The van der Waals surface area contributed by atoms with E-state index < -0.39 is 6.10 Å². The molecule has 0 spiro atoms. The lowest BCUT2D eigenvalue weighted by Crippen LogP contribution is -2.37. The first kappa shape index (κ1) is 18.0. The van der Waals surface area contributed by atoms with Gasteiger partial charge in [-0.15, -0.1) is 0 Å². The molecule has 3 aromatic rings. The maximum atomic E-state index is 12.5. The zero-order valence-electron chi connectivity index (χ0n) is 15.5. The molecule has 0 radical (unpaired) electrons. The van der Waals surface area contributed by atoms with Gasteiger partial charge in [0.05, 0.1) is 6.04 Å². The van der Waals surface area contributed by atoms with E-state index in [1.807, 2.05) is 43.3 Å². The van der Waals surface area contributed by atoms with E-state index >= 15 is 0 Å². The van der Waals surface area contributed by atoms with E-state index in [2.05, 4.69) is 42.6 Å². The van der Waals surface area contributed by atoms with E-state index in [1.165, 1.54) is 5.56 Å². The SMILES string of the molecule is CCc1ccc([C@H](C)NC(=O)[C@H](C)Oc2ccc3ccccc3c2)cc1. The number of hydrogen-bond donors (Lipinski definition) is 1. The topological polar surface area (TPSA) is 38.3 Å². The first-order chi connectivity index (χ1) is 12.6. The van der Waals surface area contributed by atoms with Gasteiger partial charge in [0.1, 0.15) is 5.75 Å². The molecule has 3 heteroatoms. The molecule has 3 rings (SSSR count). The van der Waals surface area contributed by atoms with Crippen LogP contribution in [0.1, 0.15) is 37.9 Å². The molecule has 0 aliphatic heterocycles. The quantitative estimate of drug-likeness (QED) is 0.678. The third-order valence-electron chi connectivity index (χ3n) is 4.65. The summed E-state index contributed by atoms with van der Waals surface area (Å²) in [6, 6.07) is 22.3. The zero-order chi connectivity index (χ0) is 18.5. The van der Waals surface area contributed by atoms with Crippen LogP contribution in [0.4, 0.5) is 0 Å². The summed E-state index contributed by atoms with van der Waals surface area (Å²) in [5.74, 6) is 0.580. The number of rotatable bonds is 6. The molecule has 0 fully saturated rings. The van der Waals surface area contributed by atoms with Crippen LogP contribution in [0, 0.1) is 0 Å². The smallest absolute Gasteiger partial charge is 0.261 e. The molecule has 0 saturated heterocycles. The maximum Gasteiger partial charge on any atom is 0.261 e. The third-order valence-corrected chi connectivity index (χ3v) is 4.65. The number of aryl methyl sites for hydroxylation is 1. The Bertz CT molecular complexity index is 886. The van der Waals surface area contributed by atoms with Gasteiger partial charge in [0, 0.05) is 0 Å². The summed E-state index contributed by atoms with van der Waals surface area (Å²) in [6.07, 6.45) is 0.450. The van der Waals surface area contributed by atoms with Crippen LogP contribution in [0.5, 0.6) is 5.75 Å². The van der Waals surface area contributed by atoms with Crippen LogP contribution in [0.3, 0.4) is 0 Å². The van der Waals surface area contributed by atoms with Gasteiger partial charge >= 0.3 is 0 Å². The highest BCUT2D eigenvalue weighted by atomic mass is 16.5. The van der Waals surface area contributed by atoms with E-state index in [4.69, 9.17) is 4.74 Å². The van der Waals surface area contributed by atoms with E-state index in [1.54, 1.807) is 6.92 Å². The number of amides is 1. The predicted octanol–water partition coefficient (Wildman–Crippen LogP) is 5.05. The van der Waals surface area contributed by atoms with Crippen LogP contribution < -0.4 is 10.1 Å². The van der Waals surface area contributed by atoms with Gasteiger partial charge in [0.15, 0.2) is 6.10 Å². The molecule has 0 aliphatic carbocycles. The summed E-state index contributed by atoms with van der Waals surface area (Å²) >= 11 is 0. The number of benzene rings is 3. The minimum absolute atomic E-state index is 0.0592. The Morgan fingerprint density at radius 1 is 0.962 bits per heavy atom. The van der Waals surface area contributed by atoms with Crippen LogP contribution in [0.2, 0.25) is 0 Å². The summed E-state index contributed by atoms with van der Waals surface area (Å²) in [7, 11) is 0. The Morgan fingerprint density at radius 2 is 1.65 bits per heavy atom. The molecule has 2 atom stereocenters. The molecule has 0 aromatic heterocycles. The minimum Gasteiger partial charge on any atom is -0.481 e. The summed E-state index contributed by atoms with van der Waals surface area (Å²) in [5, 5.41) is 5.28. The van der Waals surface area contributed by atoms with Crippen molar-refractivity contribution in [3.05, 3.63) is 77.9 Å². The van der Waals surface area contributed by atoms with Gasteiger partial charge in [-0.25, -0.2) is 0 Å². The molecule has 134 valence electrons. The van der Waals surface area contributed by atoms with Gasteiger partial charge in [-0.3, -0.25) is 4.79 Å². The lowest BCUT2D eigenvalue weighted by Gasteiger charge is -2.19. The number of hydrogen-bond acceptors (Lipinski definition) is 2. The van der Waals surface area contributed by atoms with Crippen molar-refractivity contribution in [3.8, 4) is 5.75 Å². The normalized spacial score (nSPS) is 13.2. The van der Waals surface area contributed by atoms with Gasteiger partial charge in [-0.05, 0) is 54.3 Å². The molecular weight excluding hydrogens is 322 g/mol. The van der Waals surface area contributed by atoms with E-state index in [0.717, 1.165) is 22.8 Å². The van der Waals surface area contributed by atoms with Gasteiger partial charge in [-0.1, -0.05) is 61.5 Å². The highest BCUT2D eigenvalue weighted by molar-refractivity contribution is 5.84. The summed E-state index contributed by atoms with van der Waals surface area (Å²) in [5.41, 5.74) is 2.38. The van der Waals surface area contributed by atoms with Crippen LogP contribution >= 0.6 is 0 Å². The Kier molecular flexibility index (Phi) is 5.57. The van der Waals surface area contributed by atoms with E-state index in [0.29, 0.717) is 5.75 Å². The molecule has 26 heavy (non-hydrogen) atoms. The molecule has 1 N–H and O–H groups in total. The molecule has 0 heterocycles. The molecule has 3 nitrogen and oxygen atoms in total. The number of ether oxygens (including phenoxy) is 1. The fourth-order valence-corrected chi connectivity index (χ4v) is 2.95. The highest BCUT2D eigenvalue weighted by Gasteiger charge is 2.18. The molecule has 0 saturated carbocycles. The Morgan fingerprint density at radius 3 is 2.35 bits per heavy atom. The highest BCUT2D eigenvalue weighted by Crippen LogP contribution is 2.22. The predicted molar refractivity (Wildman–Crippen MR) is 106 cm³/mol. The average molecular weight is 347 g/mol. The van der Waals surface area contributed by atoms with Crippen molar-refractivity contribution in [2.75, 3.05) is 0 Å². The second-order valence-corrected chi connectivity index (χ2v) is 6.59. The fraction of sp³-hybridized carbons (Fsp3) is 0.261. The van der Waals surface area contributed by atoms with Crippen molar-refractivity contribution in [2.24, 2.45) is 0 Å². The first-order valence-electron chi connectivity index (χ1n) is 9.11. The molecule has 0 aliphatic rings. The van der Waals surface area contributed by atoms with Crippen LogP contribution in [-0.2, 0) is 11.2 Å². The van der Waals surface area contributed by atoms with Gasteiger partial charge < -0.3 is 10.1 Å². The number of carbonyl (C=O) groups excluding carboxylic acids is 1. The van der Waals surface area contributed by atoms with E-state index in [-0.39, 0.29) is 11.9 Å². The van der Waals surface area contributed by atoms with Crippen LogP contribution in [0.15, 0.2) is 66.7 Å². The van der Waals surface area contributed by atoms with Crippen molar-refractivity contribution >= 4 is 16.7 Å². The molecule has 0 bridgehead atoms.